The van der Waals surface area contributed by atoms with E-state index in [1.165, 1.54) is 60.5 Å². The molecule has 388 valence electrons. The van der Waals surface area contributed by atoms with Gasteiger partial charge >= 0.3 is 0 Å². The average Bonchev–Trinajstić information content (AvgIpc) is 4.00. The molecular formula is C78H66N2. The Bertz CT molecular complexity index is 4150. The minimum atomic E-state index is 0.363. The highest BCUT2D eigenvalue weighted by Gasteiger charge is 2.20. The summed E-state index contributed by atoms with van der Waals surface area (Å²) >= 11 is 0. The molecule has 1 aromatic heterocycles. The molecular weight excluding hydrogens is 965 g/mol. The Labute approximate surface area is 473 Å². The molecule has 0 aliphatic rings. The van der Waals surface area contributed by atoms with E-state index < -0.39 is 0 Å². The van der Waals surface area contributed by atoms with Crippen molar-refractivity contribution in [3.05, 3.63) is 315 Å². The van der Waals surface area contributed by atoms with Crippen molar-refractivity contribution < 1.29 is 0 Å². The highest BCUT2D eigenvalue weighted by atomic mass is 15.1. The molecule has 2 heteroatoms. The van der Waals surface area contributed by atoms with Gasteiger partial charge in [0.15, 0.2) is 0 Å². The lowest BCUT2D eigenvalue weighted by molar-refractivity contribution is 0.940. The number of rotatable bonds is 17. The van der Waals surface area contributed by atoms with Crippen molar-refractivity contribution in [2.24, 2.45) is 5.92 Å². The van der Waals surface area contributed by atoms with E-state index in [0.717, 1.165) is 68.0 Å². The Hall–Kier alpha value is -9.76. The van der Waals surface area contributed by atoms with Crippen molar-refractivity contribution in [3.63, 3.8) is 0 Å². The van der Waals surface area contributed by atoms with Gasteiger partial charge in [-0.3, -0.25) is 0 Å². The summed E-state index contributed by atoms with van der Waals surface area (Å²) in [5.74, 6) is 0.363. The predicted molar refractivity (Wildman–Crippen MR) is 348 cm³/mol. The lowest BCUT2D eigenvalue weighted by Crippen LogP contribution is -2.10. The molecule has 0 amide bonds. The largest absolute Gasteiger partial charge is 0.310 e. The van der Waals surface area contributed by atoms with Gasteiger partial charge in [-0.1, -0.05) is 251 Å². The molecule has 0 aliphatic heterocycles. The molecule has 10 aromatic carbocycles. The molecule has 0 fully saturated rings. The van der Waals surface area contributed by atoms with Crippen LogP contribution in [0.2, 0.25) is 0 Å². The van der Waals surface area contributed by atoms with Crippen LogP contribution in [0.4, 0.5) is 17.1 Å². The van der Waals surface area contributed by atoms with E-state index >= 15 is 0 Å². The van der Waals surface area contributed by atoms with Crippen LogP contribution in [-0.4, -0.2) is 4.57 Å². The van der Waals surface area contributed by atoms with E-state index in [1.54, 1.807) is 0 Å². The zero-order valence-electron chi connectivity index (χ0n) is 46.2. The molecule has 1 heterocycles. The van der Waals surface area contributed by atoms with Crippen LogP contribution in [0.3, 0.4) is 0 Å². The van der Waals surface area contributed by atoms with Crippen LogP contribution in [0, 0.1) is 5.92 Å². The van der Waals surface area contributed by atoms with E-state index in [1.807, 2.05) is 12.2 Å². The number of anilines is 3. The van der Waals surface area contributed by atoms with E-state index in [0.29, 0.717) is 5.92 Å². The summed E-state index contributed by atoms with van der Waals surface area (Å²) in [6.07, 6.45) is 24.5. The summed E-state index contributed by atoms with van der Waals surface area (Å²) in [4.78, 5) is 2.39. The molecule has 0 saturated carbocycles. The summed E-state index contributed by atoms with van der Waals surface area (Å²) in [5, 5.41) is 4.93. The topological polar surface area (TPSA) is 8.17 Å². The summed E-state index contributed by atoms with van der Waals surface area (Å²) < 4.78 is 2.40. The summed E-state index contributed by atoms with van der Waals surface area (Å²) in [6, 6.07) is 84.5. The van der Waals surface area contributed by atoms with Gasteiger partial charge in [0, 0.05) is 33.5 Å². The molecule has 0 radical (unpaired) electrons. The number of hydrogen-bond acceptors (Lipinski definition) is 1. The number of allylic oxidation sites excluding steroid dienone is 13. The van der Waals surface area contributed by atoms with Crippen LogP contribution < -0.4 is 4.90 Å². The predicted octanol–water partition coefficient (Wildman–Crippen LogP) is 22.3. The van der Waals surface area contributed by atoms with Crippen LogP contribution in [-0.2, 0) is 0 Å². The highest BCUT2D eigenvalue weighted by Crippen LogP contribution is 2.43. The Morgan fingerprint density at radius 1 is 0.500 bits per heavy atom. The maximum atomic E-state index is 3.94. The molecule has 11 rings (SSSR count). The van der Waals surface area contributed by atoms with Crippen LogP contribution in [0.1, 0.15) is 45.2 Å². The molecule has 11 aromatic rings. The molecule has 1 atom stereocenters. The van der Waals surface area contributed by atoms with Crippen LogP contribution in [0.5, 0.6) is 0 Å². The van der Waals surface area contributed by atoms with Crippen molar-refractivity contribution >= 4 is 60.8 Å². The first-order valence-electron chi connectivity index (χ1n) is 28.0. The number of nitrogens with zero attached hydrogens (tertiary/aromatic N) is 2. The lowest BCUT2D eigenvalue weighted by Gasteiger charge is -2.26. The zero-order chi connectivity index (χ0) is 54.8. The normalized spacial score (nSPS) is 12.8. The summed E-state index contributed by atoms with van der Waals surface area (Å²) in [6.45, 7) is 12.6. The third-order valence-corrected chi connectivity index (χ3v) is 15.2. The zero-order valence-corrected chi connectivity index (χ0v) is 46.2. The molecule has 0 saturated heterocycles. The van der Waals surface area contributed by atoms with Crippen molar-refractivity contribution in [2.45, 2.75) is 34.1 Å². The lowest BCUT2D eigenvalue weighted by atomic mass is 9.96. The monoisotopic (exact) mass is 1030 g/mol. The third-order valence-electron chi connectivity index (χ3n) is 15.2. The van der Waals surface area contributed by atoms with E-state index in [-0.39, 0.29) is 0 Å². The van der Waals surface area contributed by atoms with Crippen molar-refractivity contribution in [1.29, 1.82) is 0 Å². The van der Waals surface area contributed by atoms with E-state index in [2.05, 4.69) is 329 Å². The van der Waals surface area contributed by atoms with Gasteiger partial charge < -0.3 is 9.47 Å². The molecule has 0 bridgehead atoms. The molecule has 1 unspecified atom stereocenters. The maximum absolute atomic E-state index is 3.94. The van der Waals surface area contributed by atoms with Gasteiger partial charge in [-0.15, -0.1) is 0 Å². The minimum absolute atomic E-state index is 0.363. The number of benzene rings is 10. The van der Waals surface area contributed by atoms with Gasteiger partial charge in [-0.25, -0.2) is 0 Å². The van der Waals surface area contributed by atoms with Gasteiger partial charge in [0.05, 0.1) is 11.0 Å². The number of aromatic nitrogens is 1. The number of hydrogen-bond donors (Lipinski definition) is 0. The second kappa shape index (κ2) is 24.3. The van der Waals surface area contributed by atoms with Gasteiger partial charge in [-0.05, 0) is 170 Å². The molecule has 80 heavy (non-hydrogen) atoms. The Balaban J connectivity index is 0.966. The van der Waals surface area contributed by atoms with Crippen molar-refractivity contribution in [1.82, 2.24) is 4.57 Å². The van der Waals surface area contributed by atoms with Crippen LogP contribution in [0.25, 0.3) is 93.9 Å². The fourth-order valence-electron chi connectivity index (χ4n) is 11.0. The standard InChI is InChI=1S/C78H66N2/c1-6-9-11-13-22-56(4)23-18-24-57(5)59-36-38-60(39-37-59)62-44-49-69(50-45-62)79(70-51-46-63(47-52-70)61-40-42-65(43-41-61)73-33-20-27-64-26-16-17-32-72(64)73)71-31-19-28-67(54-71)74-34-21-35-77-78(74)75-55-66(58(8-3)25-10-7-2)48-53-76(75)80(77)68-29-14-12-15-30-68/h7-56H,2,6H2,1,3-5H3/b11-9-,22-13-,23-18-,25-10-,57-24+,58-8+. The molecule has 2 nitrogen and oxygen atoms in total. The van der Waals surface area contributed by atoms with E-state index in [9.17, 15) is 0 Å². The summed E-state index contributed by atoms with van der Waals surface area (Å²) in [5.41, 5.74) is 20.9. The van der Waals surface area contributed by atoms with Gasteiger partial charge in [0.2, 0.25) is 0 Å². The quantitative estimate of drug-likeness (QED) is 0.0825. The third kappa shape index (κ3) is 11.2. The first-order chi connectivity index (χ1) is 39.4. The Morgan fingerprint density at radius 3 is 1.80 bits per heavy atom. The summed E-state index contributed by atoms with van der Waals surface area (Å²) in [7, 11) is 0. The van der Waals surface area contributed by atoms with Crippen LogP contribution >= 0.6 is 0 Å². The smallest absolute Gasteiger partial charge is 0.0547 e. The van der Waals surface area contributed by atoms with Crippen molar-refractivity contribution in [2.75, 3.05) is 4.90 Å². The fraction of sp³-hybridized carbons (Fsp3) is 0.0769. The SMILES string of the molecule is C=C/C=C\C(=C/C)c1ccc2c(c1)c1c(-c3cccc(N(c4ccc(-c5ccc(/C(C)=C/C=C\C(C)/C=C\C=C/CC)cc5)cc4)c4ccc(-c5ccc(-c6cccc7ccccc67)cc5)cc4)c3)cccc1n2-c1ccccc1. The Kier molecular flexibility index (Phi) is 15.9. The molecule has 0 N–H and O–H groups in total. The van der Waals surface area contributed by atoms with Gasteiger partial charge in [0.25, 0.3) is 0 Å². The second-order valence-electron chi connectivity index (χ2n) is 20.4. The Morgan fingerprint density at radius 2 is 1.10 bits per heavy atom. The van der Waals surface area contributed by atoms with Crippen LogP contribution in [0.15, 0.2) is 304 Å². The minimum Gasteiger partial charge on any atom is -0.310 e. The number of fused-ring (bicyclic) bond motifs is 4. The van der Waals surface area contributed by atoms with Crippen molar-refractivity contribution in [3.8, 4) is 50.2 Å². The average molecular weight is 1030 g/mol. The number of para-hydroxylation sites is 1. The maximum Gasteiger partial charge on any atom is 0.0547 e. The van der Waals surface area contributed by atoms with E-state index in [4.69, 9.17) is 0 Å². The highest BCUT2D eigenvalue weighted by molar-refractivity contribution is 6.16. The first kappa shape index (κ1) is 52.3. The first-order valence-corrected chi connectivity index (χ1v) is 28.0. The fourth-order valence-corrected chi connectivity index (χ4v) is 11.0. The molecule has 0 aliphatic carbocycles. The molecule has 0 spiro atoms. The van der Waals surface area contributed by atoms with Gasteiger partial charge in [0.1, 0.15) is 0 Å². The van der Waals surface area contributed by atoms with Gasteiger partial charge in [-0.2, -0.15) is 0 Å². The second-order valence-corrected chi connectivity index (χ2v) is 20.4.